The first kappa shape index (κ1) is 22.3. The molecule has 35 heavy (non-hydrogen) atoms. The zero-order chi connectivity index (χ0) is 24.7. The summed E-state index contributed by atoms with van der Waals surface area (Å²) in [6.07, 6.45) is 3.27. The number of halogens is 2. The molecule has 4 heterocycles. The number of benzene rings is 1. The molecule has 0 aliphatic rings. The summed E-state index contributed by atoms with van der Waals surface area (Å²) in [5.41, 5.74) is 8.92. The lowest BCUT2D eigenvalue weighted by Gasteiger charge is -2.15. The summed E-state index contributed by atoms with van der Waals surface area (Å²) in [5.74, 6) is -0.500. The van der Waals surface area contributed by atoms with Gasteiger partial charge in [0, 0.05) is 35.6 Å². The maximum atomic E-state index is 14.2. The largest absolute Gasteiger partial charge is 0.368 e. The number of anilines is 1. The molecule has 0 radical (unpaired) electrons. The molecule has 176 valence electrons. The molecule has 5 rings (SSSR count). The molecule has 0 saturated heterocycles. The van der Waals surface area contributed by atoms with Crippen LogP contribution in [0.25, 0.3) is 28.0 Å². The summed E-state index contributed by atoms with van der Waals surface area (Å²) < 4.78 is 30.8. The molecule has 0 amide bonds. The molecule has 4 aromatic heterocycles. The van der Waals surface area contributed by atoms with Crippen LogP contribution in [0, 0.1) is 11.6 Å². The van der Waals surface area contributed by atoms with Crippen molar-refractivity contribution < 1.29 is 8.78 Å². The second-order valence-electron chi connectivity index (χ2n) is 8.33. The van der Waals surface area contributed by atoms with Crippen LogP contribution in [0.3, 0.4) is 0 Å². The normalized spacial score (nSPS) is 11.5. The van der Waals surface area contributed by atoms with Gasteiger partial charge in [0.1, 0.15) is 11.6 Å². The van der Waals surface area contributed by atoms with Gasteiger partial charge in [0.2, 0.25) is 5.95 Å². The molecule has 1 aromatic carbocycles. The van der Waals surface area contributed by atoms with Gasteiger partial charge in [0.25, 0.3) is 5.56 Å². The third kappa shape index (κ3) is 4.14. The van der Waals surface area contributed by atoms with Gasteiger partial charge < -0.3 is 10.3 Å². The highest BCUT2D eigenvalue weighted by atomic mass is 19.1. The zero-order valence-electron chi connectivity index (χ0n) is 19.0. The average molecular weight is 473 g/mol. The van der Waals surface area contributed by atoms with Gasteiger partial charge in [-0.2, -0.15) is 4.52 Å². The Kier molecular flexibility index (Phi) is 5.56. The third-order valence-electron chi connectivity index (χ3n) is 5.62. The highest BCUT2D eigenvalue weighted by Crippen LogP contribution is 2.35. The van der Waals surface area contributed by atoms with Gasteiger partial charge >= 0.3 is 0 Å². The fraction of sp³-hybridized carbons (Fsp3) is 0.160. The maximum absolute atomic E-state index is 14.2. The smallest absolute Gasteiger partial charge is 0.250 e. The van der Waals surface area contributed by atoms with Crippen molar-refractivity contribution in [3.05, 3.63) is 94.4 Å². The fourth-order valence-corrected chi connectivity index (χ4v) is 3.91. The number of nitrogens with zero attached hydrogens (tertiary/aromatic N) is 6. The van der Waals surface area contributed by atoms with E-state index in [0.717, 1.165) is 0 Å². The maximum Gasteiger partial charge on any atom is 0.250 e. The van der Waals surface area contributed by atoms with Crippen molar-refractivity contribution in [3.8, 4) is 22.4 Å². The molecule has 0 fully saturated rings. The molecule has 0 aliphatic carbocycles. The molecular formula is C25H21F2N7O. The lowest BCUT2D eigenvalue weighted by atomic mass is 10.0. The average Bonchev–Trinajstić information content (AvgIpc) is 3.25. The predicted octanol–water partition coefficient (Wildman–Crippen LogP) is 4.05. The zero-order valence-corrected chi connectivity index (χ0v) is 19.0. The van der Waals surface area contributed by atoms with Gasteiger partial charge in [-0.05, 0) is 56.3 Å². The molecule has 10 heteroatoms. The van der Waals surface area contributed by atoms with Crippen LogP contribution in [0.5, 0.6) is 0 Å². The van der Waals surface area contributed by atoms with E-state index >= 15 is 0 Å². The van der Waals surface area contributed by atoms with E-state index in [1.54, 1.807) is 29.0 Å². The minimum atomic E-state index is -0.464. The summed E-state index contributed by atoms with van der Waals surface area (Å²) in [7, 11) is 0. The molecule has 0 atom stereocenters. The number of pyridine rings is 2. The molecule has 8 nitrogen and oxygen atoms in total. The minimum absolute atomic E-state index is 0.0462. The van der Waals surface area contributed by atoms with E-state index in [1.807, 2.05) is 13.8 Å². The highest BCUT2D eigenvalue weighted by Gasteiger charge is 2.21. The van der Waals surface area contributed by atoms with E-state index < -0.39 is 5.82 Å². The summed E-state index contributed by atoms with van der Waals surface area (Å²) in [6.45, 7) is 3.80. The lowest BCUT2D eigenvalue weighted by molar-refractivity contribution is 0.579. The summed E-state index contributed by atoms with van der Waals surface area (Å²) in [4.78, 5) is 25.7. The van der Waals surface area contributed by atoms with Crippen LogP contribution in [0.1, 0.15) is 31.4 Å². The fourth-order valence-electron chi connectivity index (χ4n) is 3.91. The quantitative estimate of drug-likeness (QED) is 0.413. The molecule has 2 N–H and O–H groups in total. The summed E-state index contributed by atoms with van der Waals surface area (Å²) in [6, 6.07) is 11.7. The Labute approximate surface area is 198 Å². The first-order chi connectivity index (χ1) is 16.8. The third-order valence-corrected chi connectivity index (χ3v) is 5.62. The number of aromatic nitrogens is 6. The first-order valence-electron chi connectivity index (χ1n) is 10.9. The number of hydrogen-bond donors (Lipinski definition) is 1. The number of fused-ring (bicyclic) bond motifs is 1. The molecule has 0 aliphatic heterocycles. The second kappa shape index (κ2) is 8.71. The highest BCUT2D eigenvalue weighted by molar-refractivity contribution is 5.90. The van der Waals surface area contributed by atoms with Crippen LogP contribution in [-0.2, 0) is 6.42 Å². The van der Waals surface area contributed by atoms with E-state index in [4.69, 9.17) is 5.73 Å². The SMILES string of the molecule is CC(C)n1cc(-c2c(-c3ccc(F)cc3)nc(N)n3nc(Cc4ncccc4F)nc23)ccc1=O. The Hall–Kier alpha value is -4.47. The number of nitrogens with two attached hydrogens (primary N) is 1. The molecule has 0 bridgehead atoms. The number of nitrogen functional groups attached to an aromatic ring is 1. The van der Waals surface area contributed by atoms with Crippen molar-refractivity contribution in [2.45, 2.75) is 26.3 Å². The van der Waals surface area contributed by atoms with E-state index in [-0.39, 0.29) is 35.5 Å². The minimum Gasteiger partial charge on any atom is -0.368 e. The van der Waals surface area contributed by atoms with Crippen LogP contribution in [-0.4, -0.2) is 29.1 Å². The lowest BCUT2D eigenvalue weighted by Crippen LogP contribution is -2.20. The van der Waals surface area contributed by atoms with Crippen LogP contribution in [0.2, 0.25) is 0 Å². The number of hydrogen-bond acceptors (Lipinski definition) is 6. The van der Waals surface area contributed by atoms with Crippen LogP contribution in [0.4, 0.5) is 14.7 Å². The van der Waals surface area contributed by atoms with Gasteiger partial charge in [-0.3, -0.25) is 9.78 Å². The second-order valence-corrected chi connectivity index (χ2v) is 8.33. The van der Waals surface area contributed by atoms with Crippen LogP contribution < -0.4 is 11.3 Å². The number of rotatable bonds is 5. The Morgan fingerprint density at radius 2 is 1.74 bits per heavy atom. The molecule has 0 spiro atoms. The summed E-state index contributed by atoms with van der Waals surface area (Å²) >= 11 is 0. The van der Waals surface area contributed by atoms with Gasteiger partial charge in [-0.15, -0.1) is 5.10 Å². The Bertz CT molecular complexity index is 1610. The van der Waals surface area contributed by atoms with Crippen molar-refractivity contribution in [3.63, 3.8) is 0 Å². The Morgan fingerprint density at radius 1 is 1.00 bits per heavy atom. The van der Waals surface area contributed by atoms with Gasteiger partial charge in [-0.25, -0.2) is 18.7 Å². The first-order valence-corrected chi connectivity index (χ1v) is 10.9. The Balaban J connectivity index is 1.78. The van der Waals surface area contributed by atoms with Crippen LogP contribution in [0.15, 0.2) is 65.7 Å². The molecule has 5 aromatic rings. The topological polar surface area (TPSA) is 104 Å². The van der Waals surface area contributed by atoms with Crippen molar-refractivity contribution >= 4 is 11.6 Å². The Morgan fingerprint density at radius 3 is 2.46 bits per heavy atom. The van der Waals surface area contributed by atoms with E-state index in [2.05, 4.69) is 20.1 Å². The molecular weight excluding hydrogens is 452 g/mol. The van der Waals surface area contributed by atoms with Crippen molar-refractivity contribution in [1.82, 2.24) is 29.1 Å². The van der Waals surface area contributed by atoms with Gasteiger partial charge in [-0.1, -0.05) is 0 Å². The van der Waals surface area contributed by atoms with Crippen LogP contribution >= 0.6 is 0 Å². The molecule has 0 saturated carbocycles. The van der Waals surface area contributed by atoms with Crippen molar-refractivity contribution in [2.75, 3.05) is 5.73 Å². The van der Waals surface area contributed by atoms with Crippen molar-refractivity contribution in [2.24, 2.45) is 0 Å². The molecule has 0 unspecified atom stereocenters. The van der Waals surface area contributed by atoms with E-state index in [1.165, 1.54) is 41.0 Å². The van der Waals surface area contributed by atoms with Gasteiger partial charge in [0.05, 0.1) is 23.4 Å². The monoisotopic (exact) mass is 473 g/mol. The van der Waals surface area contributed by atoms with E-state index in [0.29, 0.717) is 33.9 Å². The van der Waals surface area contributed by atoms with Gasteiger partial charge in [0.15, 0.2) is 11.5 Å². The summed E-state index contributed by atoms with van der Waals surface area (Å²) in [5, 5.41) is 4.44. The van der Waals surface area contributed by atoms with Crippen molar-refractivity contribution in [1.29, 1.82) is 0 Å². The standard InChI is InChI=1S/C25H21F2N7O/c1-14(2)33-13-16(7-10-21(33)35)22-23(15-5-8-17(26)9-6-15)31-25(28)34-24(22)30-20(32-34)12-19-18(27)4-3-11-29-19/h3-11,13-14H,12H2,1-2H3,(H2,28,31). The van der Waals surface area contributed by atoms with E-state index in [9.17, 15) is 13.6 Å². The predicted molar refractivity (Wildman–Crippen MR) is 128 cm³/mol.